The zero-order valence-electron chi connectivity index (χ0n) is 10.1. The van der Waals surface area contributed by atoms with Gasteiger partial charge in [-0.1, -0.05) is 18.5 Å². The number of aliphatic hydroxyl groups excluding tert-OH is 1. The SMILES string of the molecule is CCc1nn(CC)c(CC(O)CNC)c1Cl. The molecule has 0 saturated heterocycles. The molecule has 0 saturated carbocycles. The molecule has 1 aromatic heterocycles. The molecule has 5 heteroatoms. The molecule has 4 nitrogen and oxygen atoms in total. The van der Waals surface area contributed by atoms with Crippen molar-refractivity contribution in [3.63, 3.8) is 0 Å². The number of nitrogens with zero attached hydrogens (tertiary/aromatic N) is 2. The highest BCUT2D eigenvalue weighted by molar-refractivity contribution is 6.31. The van der Waals surface area contributed by atoms with Gasteiger partial charge in [0.1, 0.15) is 0 Å². The maximum Gasteiger partial charge on any atom is 0.0850 e. The van der Waals surface area contributed by atoms with Gasteiger partial charge in [0.25, 0.3) is 0 Å². The summed E-state index contributed by atoms with van der Waals surface area (Å²) < 4.78 is 1.88. The summed E-state index contributed by atoms with van der Waals surface area (Å²) in [6, 6.07) is 0. The van der Waals surface area contributed by atoms with Crippen molar-refractivity contribution in [2.24, 2.45) is 0 Å². The fraction of sp³-hybridized carbons (Fsp3) is 0.727. The molecular formula is C11H20ClN3O. The summed E-state index contributed by atoms with van der Waals surface area (Å²) in [6.45, 7) is 5.40. The van der Waals surface area contributed by atoms with Gasteiger partial charge < -0.3 is 10.4 Å². The number of likely N-dealkylation sites (N-methyl/N-ethyl adjacent to an activating group) is 1. The molecule has 0 fully saturated rings. The average molecular weight is 246 g/mol. The summed E-state index contributed by atoms with van der Waals surface area (Å²) in [5, 5.41) is 17.8. The molecule has 0 aliphatic carbocycles. The van der Waals surface area contributed by atoms with E-state index in [1.165, 1.54) is 0 Å². The lowest BCUT2D eigenvalue weighted by atomic mass is 10.1. The van der Waals surface area contributed by atoms with Gasteiger partial charge in [-0.25, -0.2) is 0 Å². The van der Waals surface area contributed by atoms with Crippen LogP contribution in [0.1, 0.15) is 25.2 Å². The zero-order chi connectivity index (χ0) is 12.1. The average Bonchev–Trinajstić information content (AvgIpc) is 2.56. The van der Waals surface area contributed by atoms with Crippen LogP contribution in [0.15, 0.2) is 0 Å². The minimum Gasteiger partial charge on any atom is -0.391 e. The van der Waals surface area contributed by atoms with E-state index in [2.05, 4.69) is 10.4 Å². The first kappa shape index (κ1) is 13.5. The van der Waals surface area contributed by atoms with Gasteiger partial charge in [-0.05, 0) is 20.4 Å². The Hall–Kier alpha value is -0.580. The molecule has 92 valence electrons. The lowest BCUT2D eigenvalue weighted by Crippen LogP contribution is -2.26. The van der Waals surface area contributed by atoms with Crippen LogP contribution in [0.5, 0.6) is 0 Å². The van der Waals surface area contributed by atoms with Crippen LogP contribution < -0.4 is 5.32 Å². The number of aliphatic hydroxyl groups is 1. The smallest absolute Gasteiger partial charge is 0.0850 e. The van der Waals surface area contributed by atoms with E-state index < -0.39 is 6.10 Å². The lowest BCUT2D eigenvalue weighted by Gasteiger charge is -2.11. The van der Waals surface area contributed by atoms with Gasteiger partial charge in [-0.3, -0.25) is 4.68 Å². The molecule has 0 bridgehead atoms. The second-order valence-corrected chi connectivity index (χ2v) is 4.17. The Morgan fingerprint density at radius 3 is 2.69 bits per heavy atom. The first-order chi connectivity index (χ1) is 7.63. The molecule has 1 atom stereocenters. The van der Waals surface area contributed by atoms with E-state index in [0.717, 1.165) is 24.4 Å². The number of aromatic nitrogens is 2. The van der Waals surface area contributed by atoms with E-state index in [0.29, 0.717) is 18.0 Å². The molecule has 0 spiro atoms. The van der Waals surface area contributed by atoms with Gasteiger partial charge in [-0.15, -0.1) is 0 Å². The van der Waals surface area contributed by atoms with Gasteiger partial charge in [-0.2, -0.15) is 5.10 Å². The third-order valence-electron chi connectivity index (χ3n) is 2.56. The van der Waals surface area contributed by atoms with Crippen molar-refractivity contribution in [1.82, 2.24) is 15.1 Å². The maximum absolute atomic E-state index is 9.77. The molecule has 0 amide bonds. The molecule has 1 rings (SSSR count). The minimum absolute atomic E-state index is 0.422. The molecule has 1 unspecified atom stereocenters. The van der Waals surface area contributed by atoms with Crippen molar-refractivity contribution in [2.45, 2.75) is 39.3 Å². The lowest BCUT2D eigenvalue weighted by molar-refractivity contribution is 0.172. The number of halogens is 1. The Balaban J connectivity index is 2.88. The van der Waals surface area contributed by atoms with Crippen molar-refractivity contribution in [2.75, 3.05) is 13.6 Å². The number of aryl methyl sites for hydroxylation is 2. The van der Waals surface area contributed by atoms with Crippen molar-refractivity contribution in [1.29, 1.82) is 0 Å². The Morgan fingerprint density at radius 1 is 1.50 bits per heavy atom. The van der Waals surface area contributed by atoms with Gasteiger partial charge in [0.2, 0.25) is 0 Å². The van der Waals surface area contributed by atoms with Gasteiger partial charge in [0.15, 0.2) is 0 Å². The third kappa shape index (κ3) is 2.97. The summed E-state index contributed by atoms with van der Waals surface area (Å²) in [5.41, 5.74) is 1.85. The highest BCUT2D eigenvalue weighted by Gasteiger charge is 2.17. The van der Waals surface area contributed by atoms with Gasteiger partial charge >= 0.3 is 0 Å². The van der Waals surface area contributed by atoms with Gasteiger partial charge in [0, 0.05) is 19.5 Å². The van der Waals surface area contributed by atoms with E-state index in [4.69, 9.17) is 11.6 Å². The van der Waals surface area contributed by atoms with Crippen LogP contribution in [0.4, 0.5) is 0 Å². The Labute approximate surface area is 102 Å². The molecule has 0 radical (unpaired) electrons. The van der Waals surface area contributed by atoms with Crippen molar-refractivity contribution < 1.29 is 5.11 Å². The molecule has 1 heterocycles. The van der Waals surface area contributed by atoms with Crippen molar-refractivity contribution in [3.05, 3.63) is 16.4 Å². The van der Waals surface area contributed by atoms with Crippen LogP contribution >= 0.6 is 11.6 Å². The Kier molecular flexibility index (Phi) is 5.25. The van der Waals surface area contributed by atoms with Crippen LogP contribution in [0.3, 0.4) is 0 Å². The Morgan fingerprint density at radius 2 is 2.19 bits per heavy atom. The minimum atomic E-state index is -0.422. The summed E-state index contributed by atoms with van der Waals surface area (Å²) in [6.07, 6.45) is 0.941. The van der Waals surface area contributed by atoms with Crippen LogP contribution in [0.2, 0.25) is 5.02 Å². The fourth-order valence-electron chi connectivity index (χ4n) is 1.74. The van der Waals surface area contributed by atoms with Crippen molar-refractivity contribution >= 4 is 11.6 Å². The summed E-state index contributed by atoms with van der Waals surface area (Å²) >= 11 is 6.24. The standard InChI is InChI=1S/C11H20ClN3O/c1-4-9-11(12)10(15(5-2)14-9)6-8(16)7-13-3/h8,13,16H,4-7H2,1-3H3. The number of nitrogens with one attached hydrogen (secondary N) is 1. The number of hydrogen-bond acceptors (Lipinski definition) is 3. The molecule has 0 aromatic carbocycles. The summed E-state index contributed by atoms with van der Waals surface area (Å²) in [5.74, 6) is 0. The molecule has 0 aliphatic heterocycles. The molecule has 0 aliphatic rings. The molecule has 1 aromatic rings. The van der Waals surface area contributed by atoms with Crippen LogP contribution in [0, 0.1) is 0 Å². The first-order valence-corrected chi connectivity index (χ1v) is 6.08. The van der Waals surface area contributed by atoms with Crippen molar-refractivity contribution in [3.8, 4) is 0 Å². The van der Waals surface area contributed by atoms with E-state index >= 15 is 0 Å². The predicted molar refractivity (Wildman–Crippen MR) is 65.9 cm³/mol. The Bertz CT molecular complexity index is 338. The van der Waals surface area contributed by atoms with Crippen LogP contribution in [-0.2, 0) is 19.4 Å². The number of hydrogen-bond donors (Lipinski definition) is 2. The maximum atomic E-state index is 9.77. The molecule has 2 N–H and O–H groups in total. The first-order valence-electron chi connectivity index (χ1n) is 5.70. The predicted octanol–water partition coefficient (Wildman–Crippen LogP) is 1.24. The molecular weight excluding hydrogens is 226 g/mol. The highest BCUT2D eigenvalue weighted by Crippen LogP contribution is 2.22. The monoisotopic (exact) mass is 245 g/mol. The topological polar surface area (TPSA) is 50.1 Å². The number of rotatable bonds is 6. The van der Waals surface area contributed by atoms with Crippen LogP contribution in [-0.4, -0.2) is 34.6 Å². The van der Waals surface area contributed by atoms with E-state index in [1.54, 1.807) is 0 Å². The highest BCUT2D eigenvalue weighted by atomic mass is 35.5. The zero-order valence-corrected chi connectivity index (χ0v) is 10.9. The molecule has 16 heavy (non-hydrogen) atoms. The van der Waals surface area contributed by atoms with Gasteiger partial charge in [0.05, 0.1) is 22.5 Å². The largest absolute Gasteiger partial charge is 0.391 e. The van der Waals surface area contributed by atoms with E-state index in [1.807, 2.05) is 25.6 Å². The fourth-order valence-corrected chi connectivity index (χ4v) is 2.09. The summed E-state index contributed by atoms with van der Waals surface area (Å²) in [4.78, 5) is 0. The van der Waals surface area contributed by atoms with Crippen LogP contribution in [0.25, 0.3) is 0 Å². The van der Waals surface area contributed by atoms with E-state index in [-0.39, 0.29) is 0 Å². The second-order valence-electron chi connectivity index (χ2n) is 3.79. The summed E-state index contributed by atoms with van der Waals surface area (Å²) in [7, 11) is 1.82. The normalized spacial score (nSPS) is 13.1. The van der Waals surface area contributed by atoms with E-state index in [9.17, 15) is 5.11 Å². The third-order valence-corrected chi connectivity index (χ3v) is 3.00. The quantitative estimate of drug-likeness (QED) is 0.793. The second kappa shape index (κ2) is 6.23.